The minimum Gasteiger partial charge on any atom is -0.434 e. The number of ether oxygens (including phenoxy) is 2. The van der Waals surface area contributed by atoms with E-state index < -0.39 is 6.16 Å². The van der Waals surface area contributed by atoms with Gasteiger partial charge in [-0.05, 0) is 66.9 Å². The fraction of sp³-hybridized carbons (Fsp3) is 0.136. The van der Waals surface area contributed by atoms with Gasteiger partial charge < -0.3 is 20.1 Å². The molecule has 30 heavy (non-hydrogen) atoms. The molecule has 8 heteroatoms. The van der Waals surface area contributed by atoms with Crippen LogP contribution in [0.5, 0.6) is 5.75 Å². The summed E-state index contributed by atoms with van der Waals surface area (Å²) in [6.45, 7) is 1.90. The van der Waals surface area contributed by atoms with Gasteiger partial charge in [0.05, 0.1) is 13.0 Å². The second-order valence-corrected chi connectivity index (χ2v) is 7.18. The number of amides is 2. The quantitative estimate of drug-likeness (QED) is 0.423. The van der Waals surface area contributed by atoms with E-state index in [1.54, 1.807) is 43.3 Å². The molecule has 0 saturated heterocycles. The average Bonchev–Trinajstić information content (AvgIpc) is 3.23. The Morgan fingerprint density at radius 2 is 1.57 bits per heavy atom. The van der Waals surface area contributed by atoms with E-state index in [4.69, 9.17) is 9.47 Å². The Kier molecular flexibility index (Phi) is 7.18. The fourth-order valence-corrected chi connectivity index (χ4v) is 3.24. The Hall–Kier alpha value is -3.65. The van der Waals surface area contributed by atoms with E-state index in [1.807, 2.05) is 17.5 Å². The van der Waals surface area contributed by atoms with Crippen molar-refractivity contribution >= 4 is 40.7 Å². The van der Waals surface area contributed by atoms with Crippen LogP contribution < -0.4 is 15.4 Å². The monoisotopic (exact) mass is 424 g/mol. The summed E-state index contributed by atoms with van der Waals surface area (Å²) < 4.78 is 9.65. The zero-order chi connectivity index (χ0) is 21.3. The molecule has 7 nitrogen and oxygen atoms in total. The number of carbonyl (C=O) groups is 3. The van der Waals surface area contributed by atoms with Crippen molar-refractivity contribution in [2.24, 2.45) is 0 Å². The van der Waals surface area contributed by atoms with Crippen LogP contribution in [0.25, 0.3) is 0 Å². The highest BCUT2D eigenvalue weighted by Crippen LogP contribution is 2.18. The smallest absolute Gasteiger partial charge is 0.434 e. The lowest BCUT2D eigenvalue weighted by Crippen LogP contribution is -2.14. The third-order valence-electron chi connectivity index (χ3n) is 3.92. The third kappa shape index (κ3) is 6.18. The molecule has 0 aliphatic carbocycles. The molecule has 0 fully saturated rings. The lowest BCUT2D eigenvalue weighted by molar-refractivity contribution is -0.115. The van der Waals surface area contributed by atoms with Crippen molar-refractivity contribution in [2.75, 3.05) is 17.2 Å². The van der Waals surface area contributed by atoms with Gasteiger partial charge in [-0.25, -0.2) is 4.79 Å². The highest BCUT2D eigenvalue weighted by Gasteiger charge is 2.09. The predicted octanol–water partition coefficient (Wildman–Crippen LogP) is 4.72. The zero-order valence-corrected chi connectivity index (χ0v) is 17.0. The first-order chi connectivity index (χ1) is 14.5. The number of rotatable bonds is 7. The number of thiophene rings is 1. The van der Waals surface area contributed by atoms with Gasteiger partial charge in [-0.2, -0.15) is 0 Å². The first-order valence-corrected chi connectivity index (χ1v) is 10.1. The fourth-order valence-electron chi connectivity index (χ4n) is 2.53. The van der Waals surface area contributed by atoms with E-state index in [0.29, 0.717) is 23.4 Å². The van der Waals surface area contributed by atoms with Gasteiger partial charge in [-0.3, -0.25) is 9.59 Å². The van der Waals surface area contributed by atoms with Crippen molar-refractivity contribution in [1.82, 2.24) is 0 Å². The Morgan fingerprint density at radius 3 is 2.17 bits per heavy atom. The third-order valence-corrected chi connectivity index (χ3v) is 4.80. The van der Waals surface area contributed by atoms with E-state index in [9.17, 15) is 14.4 Å². The van der Waals surface area contributed by atoms with E-state index in [-0.39, 0.29) is 24.2 Å². The molecular weight excluding hydrogens is 404 g/mol. The van der Waals surface area contributed by atoms with Crippen LogP contribution in [0, 0.1) is 0 Å². The average molecular weight is 424 g/mol. The predicted molar refractivity (Wildman–Crippen MR) is 115 cm³/mol. The Labute approximate surface area is 177 Å². The van der Waals surface area contributed by atoms with Crippen LogP contribution in [0.1, 0.15) is 22.2 Å². The van der Waals surface area contributed by atoms with Gasteiger partial charge >= 0.3 is 6.16 Å². The lowest BCUT2D eigenvalue weighted by atomic mass is 10.2. The molecule has 0 aliphatic heterocycles. The number of nitrogens with one attached hydrogen (secondary N) is 2. The van der Waals surface area contributed by atoms with Crippen LogP contribution in [0.2, 0.25) is 0 Å². The van der Waals surface area contributed by atoms with Crippen LogP contribution in [0.4, 0.5) is 16.2 Å². The van der Waals surface area contributed by atoms with Crippen molar-refractivity contribution in [3.8, 4) is 5.75 Å². The Morgan fingerprint density at radius 1 is 0.900 bits per heavy atom. The van der Waals surface area contributed by atoms with Crippen LogP contribution in [0.3, 0.4) is 0 Å². The molecule has 3 rings (SSSR count). The maximum absolute atomic E-state index is 12.4. The van der Waals surface area contributed by atoms with Gasteiger partial charge in [0, 0.05) is 21.8 Å². The van der Waals surface area contributed by atoms with Crippen LogP contribution >= 0.6 is 11.3 Å². The molecule has 1 aromatic heterocycles. The highest BCUT2D eigenvalue weighted by molar-refractivity contribution is 7.10. The van der Waals surface area contributed by atoms with Crippen LogP contribution in [0.15, 0.2) is 66.0 Å². The Bertz CT molecular complexity index is 999. The molecule has 2 aromatic carbocycles. The van der Waals surface area contributed by atoms with E-state index in [2.05, 4.69) is 10.6 Å². The molecule has 0 spiro atoms. The topological polar surface area (TPSA) is 93.7 Å². The Balaban J connectivity index is 1.52. The maximum atomic E-state index is 12.4. The SMILES string of the molecule is CCOC(=O)Oc1ccc(C(=O)Nc2ccc(NC(=O)Cc3cccs3)cc2)cc1. The van der Waals surface area contributed by atoms with E-state index in [1.165, 1.54) is 23.5 Å². The molecule has 0 saturated carbocycles. The molecule has 0 atom stereocenters. The molecule has 0 unspecified atom stereocenters. The van der Waals surface area contributed by atoms with Gasteiger partial charge in [0.25, 0.3) is 5.91 Å². The van der Waals surface area contributed by atoms with Gasteiger partial charge in [-0.1, -0.05) is 6.07 Å². The molecule has 1 heterocycles. The first kappa shape index (κ1) is 21.1. The second kappa shape index (κ2) is 10.2. The molecule has 0 radical (unpaired) electrons. The number of hydrogen-bond donors (Lipinski definition) is 2. The molecule has 2 N–H and O–H groups in total. The van der Waals surface area contributed by atoms with Gasteiger partial charge in [0.1, 0.15) is 5.75 Å². The molecule has 0 aliphatic rings. The number of anilines is 2. The van der Waals surface area contributed by atoms with Crippen molar-refractivity contribution in [2.45, 2.75) is 13.3 Å². The van der Waals surface area contributed by atoms with Gasteiger partial charge in [-0.15, -0.1) is 11.3 Å². The second-order valence-electron chi connectivity index (χ2n) is 6.15. The molecule has 3 aromatic rings. The minimum atomic E-state index is -0.794. The number of carbonyl (C=O) groups excluding carboxylic acids is 3. The summed E-state index contributed by atoms with van der Waals surface area (Å²) in [6, 6.07) is 16.8. The van der Waals surface area contributed by atoms with Crippen molar-refractivity contribution in [3.05, 3.63) is 76.5 Å². The number of benzene rings is 2. The molecule has 0 bridgehead atoms. The van der Waals surface area contributed by atoms with E-state index in [0.717, 1.165) is 4.88 Å². The zero-order valence-electron chi connectivity index (χ0n) is 16.2. The largest absolute Gasteiger partial charge is 0.513 e. The molecule has 2 amide bonds. The van der Waals surface area contributed by atoms with Crippen LogP contribution in [-0.2, 0) is 16.0 Å². The maximum Gasteiger partial charge on any atom is 0.513 e. The highest BCUT2D eigenvalue weighted by atomic mass is 32.1. The number of hydrogen-bond acceptors (Lipinski definition) is 6. The summed E-state index contributed by atoms with van der Waals surface area (Å²) in [5.41, 5.74) is 1.64. The first-order valence-electron chi connectivity index (χ1n) is 9.22. The molecule has 154 valence electrons. The minimum absolute atomic E-state index is 0.0978. The standard InChI is InChI=1S/C22H20N2O5S/c1-2-28-22(27)29-18-11-5-15(6-12-18)21(26)24-17-9-7-16(8-10-17)23-20(25)14-19-4-3-13-30-19/h3-13H,2,14H2,1H3,(H,23,25)(H,24,26). The van der Waals surface area contributed by atoms with Gasteiger partial charge in [0.2, 0.25) is 5.91 Å². The van der Waals surface area contributed by atoms with Gasteiger partial charge in [0.15, 0.2) is 0 Å². The summed E-state index contributed by atoms with van der Waals surface area (Å²) in [5, 5.41) is 7.53. The summed E-state index contributed by atoms with van der Waals surface area (Å²) >= 11 is 1.54. The lowest BCUT2D eigenvalue weighted by Gasteiger charge is -2.08. The van der Waals surface area contributed by atoms with E-state index >= 15 is 0 Å². The summed E-state index contributed by atoms with van der Waals surface area (Å²) in [5.74, 6) is -0.126. The summed E-state index contributed by atoms with van der Waals surface area (Å²) in [6.07, 6.45) is -0.469. The van der Waals surface area contributed by atoms with Crippen molar-refractivity contribution in [3.63, 3.8) is 0 Å². The summed E-state index contributed by atoms with van der Waals surface area (Å²) in [7, 11) is 0. The molecular formula is C22H20N2O5S. The summed E-state index contributed by atoms with van der Waals surface area (Å²) in [4.78, 5) is 36.7. The van der Waals surface area contributed by atoms with Crippen molar-refractivity contribution < 1.29 is 23.9 Å². The van der Waals surface area contributed by atoms with Crippen LogP contribution in [-0.4, -0.2) is 24.6 Å². The normalized spacial score (nSPS) is 10.2. The van der Waals surface area contributed by atoms with Crippen molar-refractivity contribution in [1.29, 1.82) is 0 Å².